The lowest BCUT2D eigenvalue weighted by Gasteiger charge is -2.38. The molecule has 6 heteroatoms. The number of likely N-dealkylation sites (N-methyl/N-ethyl adjacent to an activating group) is 1. The molecule has 4 aromatic rings. The number of rotatable bonds is 9. The van der Waals surface area contributed by atoms with Gasteiger partial charge in [0.1, 0.15) is 0 Å². The van der Waals surface area contributed by atoms with Crippen LogP contribution in [0.4, 0.5) is 5.69 Å². The number of hydrogen-bond donors (Lipinski definition) is 2. The Morgan fingerprint density at radius 1 is 0.846 bits per heavy atom. The topological polar surface area (TPSA) is 71.0 Å². The summed E-state index contributed by atoms with van der Waals surface area (Å²) < 4.78 is 13.0. The van der Waals surface area contributed by atoms with E-state index in [9.17, 15) is 9.90 Å². The van der Waals surface area contributed by atoms with Gasteiger partial charge in [-0.1, -0.05) is 84.9 Å². The van der Waals surface area contributed by atoms with Gasteiger partial charge in [-0.05, 0) is 48.0 Å². The van der Waals surface area contributed by atoms with Gasteiger partial charge in [0.15, 0.2) is 6.29 Å². The predicted molar refractivity (Wildman–Crippen MR) is 152 cm³/mol. The van der Waals surface area contributed by atoms with Crippen molar-refractivity contribution < 1.29 is 19.4 Å². The Morgan fingerprint density at radius 3 is 2.28 bits per heavy atom. The van der Waals surface area contributed by atoms with Crippen LogP contribution in [0.15, 0.2) is 109 Å². The molecule has 200 valence electrons. The Labute approximate surface area is 229 Å². The van der Waals surface area contributed by atoms with Crippen molar-refractivity contribution in [2.24, 2.45) is 0 Å². The van der Waals surface area contributed by atoms with E-state index in [1.807, 2.05) is 72.8 Å². The number of nitrogens with one attached hydrogen (secondary N) is 1. The summed E-state index contributed by atoms with van der Waals surface area (Å²) in [6.45, 7) is 1.57. The zero-order valence-electron chi connectivity index (χ0n) is 22.1. The van der Waals surface area contributed by atoms with Gasteiger partial charge >= 0.3 is 0 Å². The molecule has 0 radical (unpaired) electrons. The molecule has 6 nitrogen and oxygen atoms in total. The molecule has 1 heterocycles. The Balaban J connectivity index is 1.34. The summed E-state index contributed by atoms with van der Waals surface area (Å²) >= 11 is 0. The van der Waals surface area contributed by atoms with E-state index in [4.69, 9.17) is 9.47 Å². The molecule has 1 fully saturated rings. The number of nitrogens with zero attached hydrogens (tertiary/aromatic N) is 1. The second-order valence-electron chi connectivity index (χ2n) is 9.98. The quantitative estimate of drug-likeness (QED) is 0.278. The molecule has 0 saturated carbocycles. The van der Waals surface area contributed by atoms with Crippen LogP contribution in [0.3, 0.4) is 0 Å². The van der Waals surface area contributed by atoms with Gasteiger partial charge in [0, 0.05) is 36.3 Å². The van der Waals surface area contributed by atoms with Crippen molar-refractivity contribution in [2.75, 3.05) is 18.9 Å². The molecular weight excluding hydrogens is 488 g/mol. The molecule has 0 bridgehead atoms. The second kappa shape index (κ2) is 12.8. The van der Waals surface area contributed by atoms with Gasteiger partial charge in [0.25, 0.3) is 5.91 Å². The first kappa shape index (κ1) is 26.8. The number of ether oxygens (including phenoxy) is 2. The molecule has 2 N–H and O–H groups in total. The molecular formula is C33H34N2O4. The first-order chi connectivity index (χ1) is 19.1. The molecule has 39 heavy (non-hydrogen) atoms. The van der Waals surface area contributed by atoms with Crippen LogP contribution in [-0.4, -0.2) is 35.6 Å². The SMILES string of the molecule is CN(Cc1ccccc1)C[C@@H]1C[C@H](c2ccc(CO)cc2)O[C@H](c2cccc(NC(=O)c3ccccc3)c2)O1. The van der Waals surface area contributed by atoms with Crippen LogP contribution in [0.2, 0.25) is 0 Å². The minimum atomic E-state index is -0.593. The highest BCUT2D eigenvalue weighted by atomic mass is 16.7. The highest BCUT2D eigenvalue weighted by molar-refractivity contribution is 6.04. The molecule has 1 amide bonds. The normalized spacial score (nSPS) is 19.1. The molecule has 0 unspecified atom stereocenters. The number of anilines is 1. The summed E-state index contributed by atoms with van der Waals surface area (Å²) in [4.78, 5) is 15.0. The summed E-state index contributed by atoms with van der Waals surface area (Å²) in [6.07, 6.45) is -0.125. The molecule has 5 rings (SSSR count). The first-order valence-corrected chi connectivity index (χ1v) is 13.3. The smallest absolute Gasteiger partial charge is 0.255 e. The van der Waals surface area contributed by atoms with Gasteiger partial charge in [0.05, 0.1) is 18.8 Å². The molecule has 1 saturated heterocycles. The van der Waals surface area contributed by atoms with Crippen LogP contribution in [0.25, 0.3) is 0 Å². The molecule has 3 atom stereocenters. The zero-order valence-corrected chi connectivity index (χ0v) is 22.1. The maximum atomic E-state index is 12.7. The Morgan fingerprint density at radius 2 is 1.56 bits per heavy atom. The van der Waals surface area contributed by atoms with Crippen molar-refractivity contribution >= 4 is 11.6 Å². The standard InChI is InChI=1S/C33H34N2O4/c1-35(21-24-9-4-2-5-10-24)22-30-20-31(26-17-15-25(23-36)16-18-26)39-33(38-30)28-13-8-14-29(19-28)34-32(37)27-11-6-3-7-12-27/h2-19,30-31,33,36H,20-23H2,1H3,(H,34,37)/t30-,31+,33+/m0/s1. The van der Waals surface area contributed by atoms with Gasteiger partial charge in [-0.2, -0.15) is 0 Å². The number of amides is 1. The van der Waals surface area contributed by atoms with Gasteiger partial charge < -0.3 is 19.9 Å². The van der Waals surface area contributed by atoms with Gasteiger partial charge in [0.2, 0.25) is 0 Å². The van der Waals surface area contributed by atoms with E-state index >= 15 is 0 Å². The maximum absolute atomic E-state index is 12.7. The fraction of sp³-hybridized carbons (Fsp3) is 0.242. The Kier molecular flexibility index (Phi) is 8.81. The van der Waals surface area contributed by atoms with Gasteiger partial charge in [-0.3, -0.25) is 9.69 Å². The van der Waals surface area contributed by atoms with Crippen molar-refractivity contribution in [3.8, 4) is 0 Å². The first-order valence-electron chi connectivity index (χ1n) is 13.3. The fourth-order valence-corrected chi connectivity index (χ4v) is 4.90. The summed E-state index contributed by atoms with van der Waals surface area (Å²) in [5.74, 6) is -0.166. The van der Waals surface area contributed by atoms with Crippen molar-refractivity contribution in [1.82, 2.24) is 4.90 Å². The second-order valence-corrected chi connectivity index (χ2v) is 9.98. The van der Waals surface area contributed by atoms with E-state index in [-0.39, 0.29) is 24.7 Å². The van der Waals surface area contributed by atoms with E-state index in [2.05, 4.69) is 41.5 Å². The van der Waals surface area contributed by atoms with E-state index in [1.54, 1.807) is 12.1 Å². The lowest BCUT2D eigenvalue weighted by molar-refractivity contribution is -0.252. The number of aliphatic hydroxyl groups excluding tert-OH is 1. The molecule has 4 aromatic carbocycles. The summed E-state index contributed by atoms with van der Waals surface area (Å²) in [7, 11) is 2.10. The van der Waals surface area contributed by atoms with Crippen LogP contribution in [0.1, 0.15) is 51.4 Å². The summed E-state index contributed by atoms with van der Waals surface area (Å²) in [6, 6.07) is 35.1. The monoisotopic (exact) mass is 522 g/mol. The van der Waals surface area contributed by atoms with E-state index < -0.39 is 6.29 Å². The van der Waals surface area contributed by atoms with E-state index in [0.29, 0.717) is 17.7 Å². The van der Waals surface area contributed by atoms with Crippen molar-refractivity contribution in [3.63, 3.8) is 0 Å². The highest BCUT2D eigenvalue weighted by Crippen LogP contribution is 2.38. The number of carbonyl (C=O) groups excluding carboxylic acids is 1. The Hall–Kier alpha value is -3.81. The molecule has 0 aromatic heterocycles. The summed E-state index contributed by atoms with van der Waals surface area (Å²) in [5.41, 5.74) is 5.28. The minimum Gasteiger partial charge on any atom is -0.392 e. The third kappa shape index (κ3) is 7.19. The van der Waals surface area contributed by atoms with Crippen LogP contribution in [0, 0.1) is 0 Å². The van der Waals surface area contributed by atoms with Gasteiger partial charge in [-0.25, -0.2) is 0 Å². The van der Waals surface area contributed by atoms with E-state index in [1.165, 1.54) is 5.56 Å². The Bertz CT molecular complexity index is 1350. The van der Waals surface area contributed by atoms with Crippen LogP contribution in [-0.2, 0) is 22.6 Å². The third-order valence-corrected chi connectivity index (χ3v) is 6.88. The summed E-state index contributed by atoms with van der Waals surface area (Å²) in [5, 5.41) is 12.4. The van der Waals surface area contributed by atoms with Crippen molar-refractivity contribution in [3.05, 3.63) is 137 Å². The fourth-order valence-electron chi connectivity index (χ4n) is 4.90. The van der Waals surface area contributed by atoms with Crippen LogP contribution < -0.4 is 5.32 Å². The van der Waals surface area contributed by atoms with E-state index in [0.717, 1.165) is 29.8 Å². The third-order valence-electron chi connectivity index (χ3n) is 6.88. The van der Waals surface area contributed by atoms with Gasteiger partial charge in [-0.15, -0.1) is 0 Å². The number of benzene rings is 4. The average molecular weight is 523 g/mol. The maximum Gasteiger partial charge on any atom is 0.255 e. The van der Waals surface area contributed by atoms with Crippen molar-refractivity contribution in [1.29, 1.82) is 0 Å². The number of aliphatic hydroxyl groups is 1. The average Bonchev–Trinajstić information content (AvgIpc) is 2.98. The highest BCUT2D eigenvalue weighted by Gasteiger charge is 2.33. The molecule has 0 aliphatic carbocycles. The minimum absolute atomic E-state index is 0.00589. The molecule has 0 spiro atoms. The van der Waals surface area contributed by atoms with Crippen molar-refractivity contribution in [2.45, 2.75) is 38.1 Å². The molecule has 1 aliphatic rings. The number of carbonyl (C=O) groups is 1. The number of hydrogen-bond acceptors (Lipinski definition) is 5. The lowest BCUT2D eigenvalue weighted by atomic mass is 9.99. The zero-order chi connectivity index (χ0) is 27.0. The van der Waals surface area contributed by atoms with Crippen LogP contribution >= 0.6 is 0 Å². The molecule has 1 aliphatic heterocycles. The predicted octanol–water partition coefficient (Wildman–Crippen LogP) is 6.11. The largest absolute Gasteiger partial charge is 0.392 e. The lowest BCUT2D eigenvalue weighted by Crippen LogP contribution is -2.37. The van der Waals surface area contributed by atoms with Crippen LogP contribution in [0.5, 0.6) is 0 Å².